The summed E-state index contributed by atoms with van der Waals surface area (Å²) in [6.07, 6.45) is 3.59. The average molecular weight is 468 g/mol. The Balaban J connectivity index is 1.36. The number of hydrogen-bond acceptors (Lipinski definition) is 7. The summed E-state index contributed by atoms with van der Waals surface area (Å²) in [5.74, 6) is 0.339. The van der Waals surface area contributed by atoms with Gasteiger partial charge in [0, 0.05) is 18.8 Å². The van der Waals surface area contributed by atoms with E-state index in [9.17, 15) is 9.59 Å². The van der Waals surface area contributed by atoms with Crippen LogP contribution < -0.4 is 15.0 Å². The summed E-state index contributed by atoms with van der Waals surface area (Å²) in [5, 5.41) is 3.92. The number of unbranched alkanes of at least 4 members (excludes halogenated alkanes) is 1. The summed E-state index contributed by atoms with van der Waals surface area (Å²) in [7, 11) is 1.66. The fourth-order valence-electron chi connectivity index (χ4n) is 3.85. The summed E-state index contributed by atoms with van der Waals surface area (Å²) >= 11 is 1.62. The smallest absolute Gasteiger partial charge is 0.338 e. The van der Waals surface area contributed by atoms with Crippen molar-refractivity contribution in [3.63, 3.8) is 0 Å². The van der Waals surface area contributed by atoms with Crippen LogP contribution in [0.5, 0.6) is 5.75 Å². The Morgan fingerprint density at radius 3 is 2.79 bits per heavy atom. The van der Waals surface area contributed by atoms with Crippen molar-refractivity contribution in [1.29, 1.82) is 0 Å². The number of piperidine rings is 1. The first-order valence-corrected chi connectivity index (χ1v) is 12.2. The third-order valence-corrected chi connectivity index (χ3v) is 6.85. The maximum atomic E-state index is 12.9. The summed E-state index contributed by atoms with van der Waals surface area (Å²) in [6, 6.07) is 12.7. The number of thiazole rings is 1. The average Bonchev–Trinajstić information content (AvgIpc) is 3.28. The first-order chi connectivity index (χ1) is 16.1. The molecule has 1 fully saturated rings. The van der Waals surface area contributed by atoms with Crippen LogP contribution >= 0.6 is 11.3 Å². The number of rotatable bonds is 8. The molecule has 0 aliphatic carbocycles. The van der Waals surface area contributed by atoms with Gasteiger partial charge in [-0.3, -0.25) is 4.79 Å². The van der Waals surface area contributed by atoms with Gasteiger partial charge in [-0.2, -0.15) is 0 Å². The van der Waals surface area contributed by atoms with Crippen molar-refractivity contribution in [2.45, 2.75) is 32.6 Å². The molecule has 8 heteroatoms. The number of hydrogen-bond donors (Lipinski definition) is 1. The molecule has 2 heterocycles. The molecule has 33 heavy (non-hydrogen) atoms. The lowest BCUT2D eigenvalue weighted by Gasteiger charge is -2.31. The van der Waals surface area contributed by atoms with E-state index >= 15 is 0 Å². The van der Waals surface area contributed by atoms with Crippen molar-refractivity contribution in [3.05, 3.63) is 48.0 Å². The number of nitrogens with one attached hydrogen (secondary N) is 1. The van der Waals surface area contributed by atoms with Gasteiger partial charge in [-0.05, 0) is 61.7 Å². The SMILES string of the molecule is CCCCOC(=O)c1ccc(NC(=O)C2CCCN(c3nc4ccc(OC)cc4s3)C2)cc1. The minimum absolute atomic E-state index is 0.0132. The number of carbonyl (C=O) groups excluding carboxylic acids is 2. The predicted molar refractivity (Wildman–Crippen MR) is 131 cm³/mol. The second-order valence-corrected chi connectivity index (χ2v) is 9.18. The second kappa shape index (κ2) is 10.7. The molecule has 1 aromatic heterocycles. The first-order valence-electron chi connectivity index (χ1n) is 11.3. The van der Waals surface area contributed by atoms with Gasteiger partial charge in [0.15, 0.2) is 5.13 Å². The van der Waals surface area contributed by atoms with E-state index in [0.29, 0.717) is 24.4 Å². The van der Waals surface area contributed by atoms with Gasteiger partial charge in [0.2, 0.25) is 5.91 Å². The molecular weight excluding hydrogens is 438 g/mol. The van der Waals surface area contributed by atoms with Crippen molar-refractivity contribution >= 4 is 44.2 Å². The molecule has 1 aliphatic heterocycles. The van der Waals surface area contributed by atoms with E-state index in [1.54, 1.807) is 42.7 Å². The molecule has 3 aromatic rings. The zero-order chi connectivity index (χ0) is 23.2. The Bertz CT molecular complexity index is 1110. The van der Waals surface area contributed by atoms with Crippen molar-refractivity contribution < 1.29 is 19.1 Å². The highest BCUT2D eigenvalue weighted by Crippen LogP contribution is 2.33. The van der Waals surface area contributed by atoms with Crippen LogP contribution in [-0.4, -0.2) is 43.7 Å². The van der Waals surface area contributed by atoms with E-state index in [4.69, 9.17) is 14.5 Å². The van der Waals surface area contributed by atoms with Crippen LogP contribution in [0.15, 0.2) is 42.5 Å². The predicted octanol–water partition coefficient (Wildman–Crippen LogP) is 5.12. The monoisotopic (exact) mass is 467 g/mol. The number of methoxy groups -OCH3 is 1. The summed E-state index contributed by atoms with van der Waals surface area (Å²) in [6.45, 7) is 3.99. The van der Waals surface area contributed by atoms with Crippen molar-refractivity contribution in [2.75, 3.05) is 37.0 Å². The van der Waals surface area contributed by atoms with Gasteiger partial charge >= 0.3 is 5.97 Å². The molecule has 0 spiro atoms. The van der Waals surface area contributed by atoms with Crippen LogP contribution in [0.4, 0.5) is 10.8 Å². The molecule has 1 atom stereocenters. The van der Waals surface area contributed by atoms with Gasteiger partial charge in [-0.15, -0.1) is 0 Å². The van der Waals surface area contributed by atoms with E-state index in [2.05, 4.69) is 10.2 Å². The van der Waals surface area contributed by atoms with Gasteiger partial charge in [-0.1, -0.05) is 24.7 Å². The van der Waals surface area contributed by atoms with E-state index in [1.165, 1.54) is 0 Å². The van der Waals surface area contributed by atoms with Crippen LogP contribution in [0.25, 0.3) is 10.2 Å². The Kier molecular flexibility index (Phi) is 7.44. The lowest BCUT2D eigenvalue weighted by atomic mass is 9.97. The highest BCUT2D eigenvalue weighted by Gasteiger charge is 2.27. The van der Waals surface area contributed by atoms with Crippen LogP contribution in [0.1, 0.15) is 43.0 Å². The van der Waals surface area contributed by atoms with Gasteiger partial charge in [0.05, 0.1) is 35.4 Å². The molecule has 7 nitrogen and oxygen atoms in total. The number of ether oxygens (including phenoxy) is 2. The number of nitrogens with zero attached hydrogens (tertiary/aromatic N) is 2. The standard InChI is InChI=1S/C25H29N3O4S/c1-3-4-14-32-24(30)17-7-9-19(10-8-17)26-23(29)18-6-5-13-28(16-18)25-27-21-12-11-20(31-2)15-22(21)33-25/h7-12,15,18H,3-6,13-14,16H2,1-2H3,(H,26,29). The van der Waals surface area contributed by atoms with Gasteiger partial charge in [0.1, 0.15) is 5.75 Å². The van der Waals surface area contributed by atoms with E-state index in [1.807, 2.05) is 25.1 Å². The van der Waals surface area contributed by atoms with Crippen LogP contribution in [0.2, 0.25) is 0 Å². The van der Waals surface area contributed by atoms with Crippen molar-refractivity contribution in [2.24, 2.45) is 5.92 Å². The van der Waals surface area contributed by atoms with Crippen LogP contribution in [-0.2, 0) is 9.53 Å². The van der Waals surface area contributed by atoms with Crippen LogP contribution in [0, 0.1) is 5.92 Å². The number of aromatic nitrogens is 1. The Morgan fingerprint density at radius 2 is 2.03 bits per heavy atom. The normalized spacial score (nSPS) is 15.9. The van der Waals surface area contributed by atoms with E-state index in [0.717, 1.165) is 53.3 Å². The van der Waals surface area contributed by atoms with Crippen LogP contribution in [0.3, 0.4) is 0 Å². The largest absolute Gasteiger partial charge is 0.497 e. The lowest BCUT2D eigenvalue weighted by molar-refractivity contribution is -0.120. The lowest BCUT2D eigenvalue weighted by Crippen LogP contribution is -2.40. The summed E-state index contributed by atoms with van der Waals surface area (Å²) in [4.78, 5) is 31.9. The maximum Gasteiger partial charge on any atom is 0.338 e. The molecule has 1 unspecified atom stereocenters. The molecule has 0 saturated carbocycles. The fraction of sp³-hybridized carbons (Fsp3) is 0.400. The van der Waals surface area contributed by atoms with E-state index in [-0.39, 0.29) is 17.8 Å². The minimum atomic E-state index is -0.335. The van der Waals surface area contributed by atoms with Crippen molar-refractivity contribution in [1.82, 2.24) is 4.98 Å². The summed E-state index contributed by atoms with van der Waals surface area (Å²) < 4.78 is 11.6. The number of benzene rings is 2. The zero-order valence-electron chi connectivity index (χ0n) is 19.0. The quantitative estimate of drug-likeness (QED) is 0.366. The molecule has 0 radical (unpaired) electrons. The molecule has 1 amide bonds. The third kappa shape index (κ3) is 5.63. The van der Waals surface area contributed by atoms with Gasteiger partial charge in [0.25, 0.3) is 0 Å². The molecule has 174 valence electrons. The van der Waals surface area contributed by atoms with Crippen molar-refractivity contribution in [3.8, 4) is 5.75 Å². The Labute approximate surface area is 197 Å². The second-order valence-electron chi connectivity index (χ2n) is 8.17. The molecule has 0 bridgehead atoms. The van der Waals surface area contributed by atoms with Gasteiger partial charge in [-0.25, -0.2) is 9.78 Å². The molecule has 1 N–H and O–H groups in total. The number of amides is 1. The number of carbonyl (C=O) groups is 2. The highest BCUT2D eigenvalue weighted by molar-refractivity contribution is 7.22. The zero-order valence-corrected chi connectivity index (χ0v) is 19.8. The maximum absolute atomic E-state index is 12.9. The highest BCUT2D eigenvalue weighted by atomic mass is 32.1. The Hall–Kier alpha value is -3.13. The molecule has 1 saturated heterocycles. The first kappa shape index (κ1) is 23.0. The Morgan fingerprint density at radius 1 is 1.21 bits per heavy atom. The third-order valence-electron chi connectivity index (χ3n) is 5.77. The van der Waals surface area contributed by atoms with E-state index < -0.39 is 0 Å². The topological polar surface area (TPSA) is 80.8 Å². The molecule has 1 aliphatic rings. The number of fused-ring (bicyclic) bond motifs is 1. The molecular formula is C25H29N3O4S. The fourth-order valence-corrected chi connectivity index (χ4v) is 4.88. The molecule has 4 rings (SSSR count). The summed E-state index contributed by atoms with van der Waals surface area (Å²) in [5.41, 5.74) is 2.10. The number of esters is 1. The molecule has 2 aromatic carbocycles. The number of anilines is 2. The minimum Gasteiger partial charge on any atom is -0.497 e. The van der Waals surface area contributed by atoms with Gasteiger partial charge < -0.3 is 19.7 Å².